The lowest BCUT2D eigenvalue weighted by Crippen LogP contribution is -2.05. The van der Waals surface area contributed by atoms with Crippen LogP contribution in [0.15, 0.2) is 23.2 Å². The molecular formula is C8H3F3N2O3. The van der Waals surface area contributed by atoms with Gasteiger partial charge in [-0.1, -0.05) is 0 Å². The van der Waals surface area contributed by atoms with Gasteiger partial charge in [0.15, 0.2) is 0 Å². The summed E-state index contributed by atoms with van der Waals surface area (Å²) in [6.07, 6.45) is -3.82. The Kier molecular flexibility index (Phi) is 3.05. The van der Waals surface area contributed by atoms with Gasteiger partial charge in [0.1, 0.15) is 0 Å². The van der Waals surface area contributed by atoms with Gasteiger partial charge in [0.25, 0.3) is 5.69 Å². The molecule has 8 heteroatoms. The van der Waals surface area contributed by atoms with Crippen LogP contribution < -0.4 is 0 Å². The van der Waals surface area contributed by atoms with E-state index in [9.17, 15) is 28.1 Å². The molecule has 0 radical (unpaired) electrons. The number of nitro groups is 1. The number of non-ortho nitro benzene ring substituents is 1. The number of isocyanates is 1. The molecule has 0 fully saturated rings. The Labute approximate surface area is 86.4 Å². The standard InChI is InChI=1S/C8H3F3N2O3/c9-8(10,11)6-2-1-5(13(15)16)3-7(6)12-4-14/h1-3H. The van der Waals surface area contributed by atoms with E-state index in [-0.39, 0.29) is 0 Å². The second kappa shape index (κ2) is 4.11. The summed E-state index contributed by atoms with van der Waals surface area (Å²) in [5.74, 6) is 0. The molecule has 0 bridgehead atoms. The third-order valence-corrected chi connectivity index (χ3v) is 1.66. The van der Waals surface area contributed by atoms with Gasteiger partial charge in [0.05, 0.1) is 16.2 Å². The van der Waals surface area contributed by atoms with Crippen LogP contribution in [0.4, 0.5) is 24.5 Å². The van der Waals surface area contributed by atoms with Crippen molar-refractivity contribution in [1.29, 1.82) is 0 Å². The number of nitro benzene ring substituents is 1. The van der Waals surface area contributed by atoms with Gasteiger partial charge >= 0.3 is 6.18 Å². The van der Waals surface area contributed by atoms with Gasteiger partial charge in [0, 0.05) is 12.1 Å². The van der Waals surface area contributed by atoms with Gasteiger partial charge in [0.2, 0.25) is 6.08 Å². The van der Waals surface area contributed by atoms with Crippen LogP contribution >= 0.6 is 0 Å². The van der Waals surface area contributed by atoms with Crippen molar-refractivity contribution in [2.45, 2.75) is 6.18 Å². The van der Waals surface area contributed by atoms with E-state index >= 15 is 0 Å². The number of aliphatic imine (C=N–C) groups is 1. The normalized spacial score (nSPS) is 10.7. The van der Waals surface area contributed by atoms with E-state index in [1.807, 2.05) is 0 Å². The monoisotopic (exact) mass is 232 g/mol. The Hall–Kier alpha value is -2.21. The molecule has 0 unspecified atom stereocenters. The van der Waals surface area contributed by atoms with Crippen LogP contribution in [0.25, 0.3) is 0 Å². The maximum atomic E-state index is 12.3. The van der Waals surface area contributed by atoms with Gasteiger partial charge in [-0.05, 0) is 6.07 Å². The Morgan fingerprint density at radius 1 is 1.38 bits per heavy atom. The van der Waals surface area contributed by atoms with Crippen molar-refractivity contribution in [2.75, 3.05) is 0 Å². The number of rotatable bonds is 2. The van der Waals surface area contributed by atoms with Crippen molar-refractivity contribution in [1.82, 2.24) is 0 Å². The summed E-state index contributed by atoms with van der Waals surface area (Å²) in [6, 6.07) is 1.74. The number of hydrogen-bond donors (Lipinski definition) is 0. The second-order valence-electron chi connectivity index (χ2n) is 2.66. The van der Waals surface area contributed by atoms with Crippen molar-refractivity contribution in [3.8, 4) is 0 Å². The smallest absolute Gasteiger partial charge is 0.258 e. The van der Waals surface area contributed by atoms with Gasteiger partial charge in [-0.2, -0.15) is 18.2 Å². The lowest BCUT2D eigenvalue weighted by molar-refractivity contribution is -0.384. The molecule has 16 heavy (non-hydrogen) atoms. The topological polar surface area (TPSA) is 72.6 Å². The zero-order chi connectivity index (χ0) is 12.3. The van der Waals surface area contributed by atoms with E-state index in [0.29, 0.717) is 18.2 Å². The average Bonchev–Trinajstić information content (AvgIpc) is 2.16. The summed E-state index contributed by atoms with van der Waals surface area (Å²) in [4.78, 5) is 22.1. The molecular weight excluding hydrogens is 229 g/mol. The number of benzene rings is 1. The molecule has 1 rings (SSSR count). The summed E-state index contributed by atoms with van der Waals surface area (Å²) in [5, 5.41) is 10.3. The molecule has 0 aliphatic carbocycles. The van der Waals surface area contributed by atoms with Crippen molar-refractivity contribution >= 4 is 17.5 Å². The molecule has 0 spiro atoms. The SMILES string of the molecule is O=C=Nc1cc([N+](=O)[O-])ccc1C(F)(F)F. The maximum Gasteiger partial charge on any atom is 0.418 e. The van der Waals surface area contributed by atoms with Crippen molar-refractivity contribution in [3.05, 3.63) is 33.9 Å². The van der Waals surface area contributed by atoms with Crippen LogP contribution in [0.1, 0.15) is 5.56 Å². The molecule has 5 nitrogen and oxygen atoms in total. The number of carbonyl (C=O) groups excluding carboxylic acids is 1. The molecule has 0 N–H and O–H groups in total. The lowest BCUT2D eigenvalue weighted by Gasteiger charge is -2.07. The Balaban J connectivity index is 3.42. The maximum absolute atomic E-state index is 12.3. The van der Waals surface area contributed by atoms with Crippen LogP contribution in [-0.4, -0.2) is 11.0 Å². The van der Waals surface area contributed by atoms with Gasteiger partial charge in [-0.15, -0.1) is 0 Å². The number of alkyl halides is 3. The van der Waals surface area contributed by atoms with E-state index in [1.54, 1.807) is 0 Å². The average molecular weight is 232 g/mol. The van der Waals surface area contributed by atoms with Crippen LogP contribution in [-0.2, 0) is 11.0 Å². The van der Waals surface area contributed by atoms with Gasteiger partial charge in [-0.25, -0.2) is 4.79 Å². The Morgan fingerprint density at radius 3 is 2.44 bits per heavy atom. The third kappa shape index (κ3) is 2.43. The highest BCUT2D eigenvalue weighted by Crippen LogP contribution is 2.37. The van der Waals surface area contributed by atoms with E-state index in [2.05, 4.69) is 4.99 Å². The van der Waals surface area contributed by atoms with E-state index in [1.165, 1.54) is 0 Å². The first-order valence-corrected chi connectivity index (χ1v) is 3.80. The lowest BCUT2D eigenvalue weighted by atomic mass is 10.1. The minimum atomic E-state index is -4.73. The summed E-state index contributed by atoms with van der Waals surface area (Å²) in [6.45, 7) is 0. The quantitative estimate of drug-likeness (QED) is 0.340. The highest BCUT2D eigenvalue weighted by atomic mass is 19.4. The van der Waals surface area contributed by atoms with E-state index in [4.69, 9.17) is 0 Å². The number of halogens is 3. The predicted octanol–water partition coefficient (Wildman–Crippen LogP) is 2.58. The molecule has 1 aromatic rings. The Morgan fingerprint density at radius 2 is 2.00 bits per heavy atom. The number of hydrogen-bond acceptors (Lipinski definition) is 4. The molecule has 0 aliphatic rings. The molecule has 0 saturated heterocycles. The van der Waals surface area contributed by atoms with Crippen molar-refractivity contribution in [3.63, 3.8) is 0 Å². The Bertz CT molecular complexity index is 478. The predicted molar refractivity (Wildman–Crippen MR) is 45.9 cm³/mol. The fraction of sp³-hybridized carbons (Fsp3) is 0.125. The first kappa shape index (κ1) is 11.9. The minimum Gasteiger partial charge on any atom is -0.258 e. The van der Waals surface area contributed by atoms with Crippen molar-refractivity contribution < 1.29 is 22.9 Å². The van der Waals surface area contributed by atoms with Crippen LogP contribution in [0.3, 0.4) is 0 Å². The molecule has 0 heterocycles. The fourth-order valence-corrected chi connectivity index (χ4v) is 1.01. The molecule has 84 valence electrons. The summed E-state index contributed by atoms with van der Waals surface area (Å²) < 4.78 is 37.0. The van der Waals surface area contributed by atoms with E-state index in [0.717, 1.165) is 6.08 Å². The molecule has 1 aromatic carbocycles. The van der Waals surface area contributed by atoms with Crippen LogP contribution in [0, 0.1) is 10.1 Å². The summed E-state index contributed by atoms with van der Waals surface area (Å²) in [5.41, 5.74) is -2.62. The third-order valence-electron chi connectivity index (χ3n) is 1.66. The molecule has 0 amide bonds. The van der Waals surface area contributed by atoms with Gasteiger partial charge < -0.3 is 0 Å². The van der Waals surface area contributed by atoms with E-state index < -0.39 is 28.0 Å². The van der Waals surface area contributed by atoms with Crippen molar-refractivity contribution in [2.24, 2.45) is 4.99 Å². The minimum absolute atomic E-state index is 0.494. The summed E-state index contributed by atoms with van der Waals surface area (Å²) >= 11 is 0. The molecule has 0 atom stereocenters. The summed E-state index contributed by atoms with van der Waals surface area (Å²) in [7, 11) is 0. The van der Waals surface area contributed by atoms with Crippen LogP contribution in [0.5, 0.6) is 0 Å². The second-order valence-corrected chi connectivity index (χ2v) is 2.66. The van der Waals surface area contributed by atoms with Crippen LogP contribution in [0.2, 0.25) is 0 Å². The molecule has 0 aromatic heterocycles. The molecule has 0 aliphatic heterocycles. The first-order valence-electron chi connectivity index (χ1n) is 3.80. The number of nitrogens with zero attached hydrogens (tertiary/aromatic N) is 2. The zero-order valence-electron chi connectivity index (χ0n) is 7.49. The van der Waals surface area contributed by atoms with Gasteiger partial charge in [-0.3, -0.25) is 10.1 Å². The zero-order valence-corrected chi connectivity index (χ0v) is 7.49. The largest absolute Gasteiger partial charge is 0.418 e. The first-order chi connectivity index (χ1) is 7.36. The highest BCUT2D eigenvalue weighted by molar-refractivity contribution is 5.59. The highest BCUT2D eigenvalue weighted by Gasteiger charge is 2.34. The molecule has 0 saturated carbocycles. The fourth-order valence-electron chi connectivity index (χ4n) is 1.01.